The molecule has 7 heteroatoms. The fourth-order valence-corrected chi connectivity index (χ4v) is 2.43. The van der Waals surface area contributed by atoms with E-state index in [1.807, 2.05) is 16.9 Å². The van der Waals surface area contributed by atoms with E-state index in [1.165, 1.54) is 5.56 Å². The fourth-order valence-electron chi connectivity index (χ4n) is 2.43. The summed E-state index contributed by atoms with van der Waals surface area (Å²) in [6, 6.07) is 8.22. The molecule has 0 aliphatic rings. The summed E-state index contributed by atoms with van der Waals surface area (Å²) >= 11 is 0. The molecule has 1 unspecified atom stereocenters. The van der Waals surface area contributed by atoms with Crippen molar-refractivity contribution >= 4 is 29.9 Å². The van der Waals surface area contributed by atoms with Crippen LogP contribution in [0.4, 0.5) is 0 Å². The highest BCUT2D eigenvalue weighted by molar-refractivity contribution is 14.0. The van der Waals surface area contributed by atoms with Crippen LogP contribution >= 0.6 is 24.0 Å². The zero-order chi connectivity index (χ0) is 18.8. The molecular formula is C20H32IN5O. The van der Waals surface area contributed by atoms with Gasteiger partial charge in [-0.1, -0.05) is 19.1 Å². The Morgan fingerprint density at radius 1 is 1.30 bits per heavy atom. The average molecular weight is 485 g/mol. The molecule has 150 valence electrons. The molecule has 2 aromatic rings. The third-order valence-electron chi connectivity index (χ3n) is 4.07. The third kappa shape index (κ3) is 8.19. The average Bonchev–Trinajstić information content (AvgIpc) is 3.14. The van der Waals surface area contributed by atoms with Crippen molar-refractivity contribution < 1.29 is 4.74 Å². The molecular weight excluding hydrogens is 453 g/mol. The fraction of sp³-hybridized carbons (Fsp3) is 0.500. The van der Waals surface area contributed by atoms with Crippen LogP contribution in [0, 0.1) is 6.92 Å². The Morgan fingerprint density at radius 3 is 2.78 bits per heavy atom. The van der Waals surface area contributed by atoms with Crippen LogP contribution in [0.5, 0.6) is 5.75 Å². The van der Waals surface area contributed by atoms with E-state index in [4.69, 9.17) is 9.73 Å². The Kier molecular flexibility index (Phi) is 10.8. The first kappa shape index (κ1) is 23.3. The highest BCUT2D eigenvalue weighted by Crippen LogP contribution is 2.23. The Hall–Kier alpha value is -1.77. The van der Waals surface area contributed by atoms with Gasteiger partial charge in [-0.25, -0.2) is 4.99 Å². The molecule has 1 heterocycles. The van der Waals surface area contributed by atoms with Gasteiger partial charge in [0.25, 0.3) is 0 Å². The molecule has 0 radical (unpaired) electrons. The number of nitrogens with one attached hydrogen (secondary N) is 2. The van der Waals surface area contributed by atoms with Crippen molar-refractivity contribution in [3.05, 3.63) is 47.8 Å². The molecule has 0 saturated carbocycles. The summed E-state index contributed by atoms with van der Waals surface area (Å²) in [5.74, 6) is 1.73. The lowest BCUT2D eigenvalue weighted by atomic mass is 10.1. The van der Waals surface area contributed by atoms with Gasteiger partial charge in [0, 0.05) is 31.0 Å². The Morgan fingerprint density at radius 2 is 2.11 bits per heavy atom. The summed E-state index contributed by atoms with van der Waals surface area (Å²) in [6.07, 6.45) is 4.92. The maximum Gasteiger partial charge on any atom is 0.191 e. The lowest BCUT2D eigenvalue weighted by molar-refractivity contribution is 0.215. The summed E-state index contributed by atoms with van der Waals surface area (Å²) in [6.45, 7) is 11.3. The van der Waals surface area contributed by atoms with Gasteiger partial charge in [0.2, 0.25) is 0 Å². The van der Waals surface area contributed by atoms with E-state index in [0.29, 0.717) is 6.54 Å². The Labute approximate surface area is 179 Å². The second-order valence-electron chi connectivity index (χ2n) is 6.34. The summed E-state index contributed by atoms with van der Waals surface area (Å²) in [7, 11) is 0. The monoisotopic (exact) mass is 485 g/mol. The first-order valence-electron chi connectivity index (χ1n) is 9.38. The minimum absolute atomic E-state index is 0. The predicted molar refractivity (Wildman–Crippen MR) is 122 cm³/mol. The molecule has 0 saturated heterocycles. The standard InChI is InChI=1S/C20H31N5O.HI/c1-5-17(4)26-19-14-16(3)8-9-18(19)15-23-20(21-6-2)22-11-13-25-12-7-10-24-25;/h7-10,12,14,17H,5-6,11,13,15H2,1-4H3,(H2,21,22,23);1H. The van der Waals surface area contributed by atoms with E-state index >= 15 is 0 Å². The maximum atomic E-state index is 6.08. The summed E-state index contributed by atoms with van der Waals surface area (Å²) < 4.78 is 7.97. The highest BCUT2D eigenvalue weighted by Gasteiger charge is 2.08. The van der Waals surface area contributed by atoms with Gasteiger partial charge in [-0.15, -0.1) is 24.0 Å². The summed E-state index contributed by atoms with van der Waals surface area (Å²) in [5.41, 5.74) is 2.29. The van der Waals surface area contributed by atoms with Gasteiger partial charge < -0.3 is 15.4 Å². The number of hydrogen-bond acceptors (Lipinski definition) is 3. The first-order valence-corrected chi connectivity index (χ1v) is 9.38. The van der Waals surface area contributed by atoms with Crippen molar-refractivity contribution in [1.82, 2.24) is 20.4 Å². The van der Waals surface area contributed by atoms with E-state index in [-0.39, 0.29) is 30.1 Å². The number of hydrogen-bond donors (Lipinski definition) is 2. The lowest BCUT2D eigenvalue weighted by Crippen LogP contribution is -2.38. The van der Waals surface area contributed by atoms with Crippen molar-refractivity contribution in [2.75, 3.05) is 13.1 Å². The molecule has 1 aromatic heterocycles. The van der Waals surface area contributed by atoms with Crippen LogP contribution in [0.15, 0.2) is 41.7 Å². The van der Waals surface area contributed by atoms with Crippen LogP contribution in [0.1, 0.15) is 38.3 Å². The van der Waals surface area contributed by atoms with Gasteiger partial charge in [-0.2, -0.15) is 5.10 Å². The van der Waals surface area contributed by atoms with Gasteiger partial charge in [-0.3, -0.25) is 4.68 Å². The molecule has 2 N–H and O–H groups in total. The number of benzene rings is 1. The number of aryl methyl sites for hydroxylation is 1. The van der Waals surface area contributed by atoms with E-state index in [1.54, 1.807) is 6.20 Å². The number of guanidine groups is 1. The Balaban J connectivity index is 0.00000364. The minimum Gasteiger partial charge on any atom is -0.490 e. The number of aromatic nitrogens is 2. The van der Waals surface area contributed by atoms with Crippen molar-refractivity contribution in [3.63, 3.8) is 0 Å². The maximum absolute atomic E-state index is 6.08. The largest absolute Gasteiger partial charge is 0.490 e. The minimum atomic E-state index is 0. The topological polar surface area (TPSA) is 63.5 Å². The van der Waals surface area contributed by atoms with Gasteiger partial charge in [0.05, 0.1) is 19.2 Å². The number of ether oxygens (including phenoxy) is 1. The number of rotatable bonds is 9. The summed E-state index contributed by atoms with van der Waals surface area (Å²) in [4.78, 5) is 4.71. The van der Waals surface area contributed by atoms with Gasteiger partial charge in [0.15, 0.2) is 5.96 Å². The molecule has 2 rings (SSSR count). The van der Waals surface area contributed by atoms with Crippen LogP contribution in [0.25, 0.3) is 0 Å². The van der Waals surface area contributed by atoms with Crippen LogP contribution in [-0.2, 0) is 13.1 Å². The molecule has 27 heavy (non-hydrogen) atoms. The van der Waals surface area contributed by atoms with Gasteiger partial charge >= 0.3 is 0 Å². The molecule has 0 amide bonds. The van der Waals surface area contributed by atoms with Crippen molar-refractivity contribution in [2.24, 2.45) is 4.99 Å². The second-order valence-corrected chi connectivity index (χ2v) is 6.34. The van der Waals surface area contributed by atoms with Gasteiger partial charge in [0.1, 0.15) is 5.75 Å². The molecule has 1 atom stereocenters. The van der Waals surface area contributed by atoms with Crippen molar-refractivity contribution in [1.29, 1.82) is 0 Å². The molecule has 6 nitrogen and oxygen atoms in total. The van der Waals surface area contributed by atoms with Crippen LogP contribution < -0.4 is 15.4 Å². The SMILES string of the molecule is CCNC(=NCc1ccc(C)cc1OC(C)CC)NCCn1cccn1.I. The number of halogens is 1. The molecule has 1 aromatic carbocycles. The normalized spacial score (nSPS) is 12.2. The summed E-state index contributed by atoms with van der Waals surface area (Å²) in [5, 5.41) is 10.8. The molecule has 0 fully saturated rings. The zero-order valence-electron chi connectivity index (χ0n) is 16.7. The first-order chi connectivity index (χ1) is 12.6. The van der Waals surface area contributed by atoms with Crippen molar-refractivity contribution in [3.8, 4) is 5.75 Å². The van der Waals surface area contributed by atoms with E-state index in [9.17, 15) is 0 Å². The number of nitrogens with zero attached hydrogens (tertiary/aromatic N) is 3. The van der Waals surface area contributed by atoms with E-state index in [0.717, 1.165) is 43.3 Å². The smallest absolute Gasteiger partial charge is 0.191 e. The zero-order valence-corrected chi connectivity index (χ0v) is 19.1. The van der Waals surface area contributed by atoms with Crippen LogP contribution in [-0.4, -0.2) is 34.9 Å². The Bertz CT molecular complexity index is 688. The van der Waals surface area contributed by atoms with E-state index in [2.05, 4.69) is 61.6 Å². The number of aliphatic imine (C=N–C) groups is 1. The third-order valence-corrected chi connectivity index (χ3v) is 4.07. The predicted octanol–water partition coefficient (Wildman–Crippen LogP) is 3.74. The van der Waals surface area contributed by atoms with Crippen molar-refractivity contribution in [2.45, 2.75) is 53.3 Å². The van der Waals surface area contributed by atoms with E-state index < -0.39 is 0 Å². The highest BCUT2D eigenvalue weighted by atomic mass is 127. The van der Waals surface area contributed by atoms with Crippen LogP contribution in [0.2, 0.25) is 0 Å². The molecule has 0 aliphatic carbocycles. The lowest BCUT2D eigenvalue weighted by Gasteiger charge is -2.17. The second kappa shape index (κ2) is 12.6. The molecule has 0 bridgehead atoms. The van der Waals surface area contributed by atoms with Crippen LogP contribution in [0.3, 0.4) is 0 Å². The van der Waals surface area contributed by atoms with Gasteiger partial charge in [-0.05, 0) is 44.9 Å². The quantitative estimate of drug-likeness (QED) is 0.323. The molecule has 0 aliphatic heterocycles. The molecule has 0 spiro atoms.